The third kappa shape index (κ3) is 1.24. The van der Waals surface area contributed by atoms with Crippen LogP contribution in [0.1, 0.15) is 11.4 Å². The summed E-state index contributed by atoms with van der Waals surface area (Å²) in [4.78, 5) is 10.8. The summed E-state index contributed by atoms with van der Waals surface area (Å²) in [6.45, 7) is 2.05. The van der Waals surface area contributed by atoms with Gasteiger partial charge in [0.1, 0.15) is 0 Å². The van der Waals surface area contributed by atoms with Crippen LogP contribution in [0.15, 0.2) is 12.4 Å². The molecule has 11 heavy (non-hydrogen) atoms. The Morgan fingerprint density at radius 2 is 2.00 bits per heavy atom. The van der Waals surface area contributed by atoms with Crippen LogP contribution in [0.4, 0.5) is 0 Å². The maximum Gasteiger partial charge on any atom is 0.0759 e. The molecule has 2 heterocycles. The average Bonchev–Trinajstić information content (AvgIpc) is 2.04. The molecule has 0 unspecified atom stereocenters. The van der Waals surface area contributed by atoms with Gasteiger partial charge in [-0.25, -0.2) is 0 Å². The Kier molecular flexibility index (Phi) is 1.58. The summed E-state index contributed by atoms with van der Waals surface area (Å²) in [7, 11) is 2.11. The van der Waals surface area contributed by atoms with Gasteiger partial charge in [-0.2, -0.15) is 0 Å². The Bertz CT molecular complexity index is 259. The second-order valence-electron chi connectivity index (χ2n) is 2.94. The largest absolute Gasteiger partial charge is 0.300 e. The summed E-state index contributed by atoms with van der Waals surface area (Å²) in [5, 5.41) is 0. The fraction of sp³-hybridized carbons (Fsp3) is 0.500. The van der Waals surface area contributed by atoms with E-state index in [1.54, 1.807) is 12.4 Å². The average molecular weight is 149 g/mol. The van der Waals surface area contributed by atoms with Crippen molar-refractivity contribution in [2.24, 2.45) is 0 Å². The van der Waals surface area contributed by atoms with Gasteiger partial charge in [-0.1, -0.05) is 0 Å². The SMILES string of the molecule is CN1CCc2nccnc2C1. The van der Waals surface area contributed by atoms with Gasteiger partial charge in [0.05, 0.1) is 11.4 Å². The molecule has 0 N–H and O–H groups in total. The fourth-order valence-electron chi connectivity index (χ4n) is 1.37. The molecule has 2 rings (SSSR count). The van der Waals surface area contributed by atoms with Crippen molar-refractivity contribution >= 4 is 0 Å². The van der Waals surface area contributed by atoms with Gasteiger partial charge in [0.25, 0.3) is 0 Å². The van der Waals surface area contributed by atoms with Gasteiger partial charge in [-0.15, -0.1) is 0 Å². The maximum absolute atomic E-state index is 4.27. The van der Waals surface area contributed by atoms with Crippen LogP contribution in [0.25, 0.3) is 0 Å². The number of likely N-dealkylation sites (N-methyl/N-ethyl adjacent to an activating group) is 1. The predicted octanol–water partition coefficient (Wildman–Crippen LogP) is 0.464. The van der Waals surface area contributed by atoms with E-state index in [0.29, 0.717) is 0 Å². The first-order chi connectivity index (χ1) is 5.36. The highest BCUT2D eigenvalue weighted by atomic mass is 15.1. The molecule has 0 amide bonds. The van der Waals surface area contributed by atoms with Gasteiger partial charge in [0.2, 0.25) is 0 Å². The lowest BCUT2D eigenvalue weighted by atomic mass is 10.1. The minimum absolute atomic E-state index is 0.948. The van der Waals surface area contributed by atoms with Crippen molar-refractivity contribution in [1.29, 1.82) is 0 Å². The van der Waals surface area contributed by atoms with Crippen LogP contribution in [0.3, 0.4) is 0 Å². The zero-order valence-electron chi connectivity index (χ0n) is 6.62. The van der Waals surface area contributed by atoms with E-state index >= 15 is 0 Å². The quantitative estimate of drug-likeness (QED) is 0.536. The zero-order chi connectivity index (χ0) is 7.68. The molecular formula is C8H11N3. The smallest absolute Gasteiger partial charge is 0.0759 e. The fourth-order valence-corrected chi connectivity index (χ4v) is 1.37. The Balaban J connectivity index is 2.34. The number of aromatic nitrogens is 2. The number of rotatable bonds is 0. The lowest BCUT2D eigenvalue weighted by Gasteiger charge is -2.22. The van der Waals surface area contributed by atoms with Crippen LogP contribution in [0.2, 0.25) is 0 Å². The van der Waals surface area contributed by atoms with E-state index in [4.69, 9.17) is 0 Å². The highest BCUT2D eigenvalue weighted by Gasteiger charge is 2.13. The van der Waals surface area contributed by atoms with E-state index in [0.717, 1.165) is 25.2 Å². The molecule has 0 radical (unpaired) electrons. The van der Waals surface area contributed by atoms with Crippen molar-refractivity contribution in [3.05, 3.63) is 23.8 Å². The van der Waals surface area contributed by atoms with Crippen molar-refractivity contribution in [3.63, 3.8) is 0 Å². The van der Waals surface area contributed by atoms with Gasteiger partial charge in [0.15, 0.2) is 0 Å². The Morgan fingerprint density at radius 3 is 2.82 bits per heavy atom. The number of nitrogens with zero attached hydrogens (tertiary/aromatic N) is 3. The molecule has 1 aromatic rings. The third-order valence-electron chi connectivity index (χ3n) is 2.01. The summed E-state index contributed by atoms with van der Waals surface area (Å²) < 4.78 is 0. The Labute approximate surface area is 66.1 Å². The van der Waals surface area contributed by atoms with Gasteiger partial charge >= 0.3 is 0 Å². The number of hydrogen-bond acceptors (Lipinski definition) is 3. The number of hydrogen-bond donors (Lipinski definition) is 0. The van der Waals surface area contributed by atoms with E-state index in [9.17, 15) is 0 Å². The molecule has 3 nitrogen and oxygen atoms in total. The van der Waals surface area contributed by atoms with Crippen LogP contribution in [0, 0.1) is 0 Å². The minimum Gasteiger partial charge on any atom is -0.300 e. The minimum atomic E-state index is 0.948. The van der Waals surface area contributed by atoms with E-state index in [1.807, 2.05) is 0 Å². The molecule has 0 bridgehead atoms. The highest BCUT2D eigenvalue weighted by Crippen LogP contribution is 2.11. The van der Waals surface area contributed by atoms with Gasteiger partial charge in [-0.3, -0.25) is 9.97 Å². The molecule has 1 aliphatic rings. The topological polar surface area (TPSA) is 29.0 Å². The van der Waals surface area contributed by atoms with Gasteiger partial charge in [-0.05, 0) is 7.05 Å². The normalized spacial score (nSPS) is 17.9. The van der Waals surface area contributed by atoms with E-state index in [1.165, 1.54) is 5.69 Å². The second kappa shape index (κ2) is 2.58. The van der Waals surface area contributed by atoms with Crippen LogP contribution in [0.5, 0.6) is 0 Å². The molecule has 0 saturated carbocycles. The van der Waals surface area contributed by atoms with E-state index in [-0.39, 0.29) is 0 Å². The molecule has 1 aromatic heterocycles. The molecule has 58 valence electrons. The second-order valence-corrected chi connectivity index (χ2v) is 2.94. The van der Waals surface area contributed by atoms with Crippen molar-refractivity contribution in [2.45, 2.75) is 13.0 Å². The summed E-state index contributed by atoms with van der Waals surface area (Å²) in [6, 6.07) is 0. The molecule has 0 spiro atoms. The standard InChI is InChI=1S/C8H11N3/c1-11-5-2-7-8(6-11)10-4-3-9-7/h3-4H,2,5-6H2,1H3. The van der Waals surface area contributed by atoms with Crippen molar-refractivity contribution in [1.82, 2.24) is 14.9 Å². The van der Waals surface area contributed by atoms with E-state index in [2.05, 4.69) is 21.9 Å². The summed E-state index contributed by atoms with van der Waals surface area (Å²) in [6.07, 6.45) is 4.57. The molecule has 0 atom stereocenters. The highest BCUT2D eigenvalue weighted by molar-refractivity contribution is 5.13. The molecule has 0 aliphatic carbocycles. The van der Waals surface area contributed by atoms with E-state index < -0.39 is 0 Å². The molecule has 1 aliphatic heterocycles. The lowest BCUT2D eigenvalue weighted by Crippen LogP contribution is -2.27. The summed E-state index contributed by atoms with van der Waals surface area (Å²) in [5.74, 6) is 0. The molecular weight excluding hydrogens is 138 g/mol. The first-order valence-corrected chi connectivity index (χ1v) is 3.83. The van der Waals surface area contributed by atoms with Crippen molar-refractivity contribution < 1.29 is 0 Å². The monoisotopic (exact) mass is 149 g/mol. The van der Waals surface area contributed by atoms with Crippen LogP contribution in [-0.4, -0.2) is 28.5 Å². The maximum atomic E-state index is 4.27. The van der Waals surface area contributed by atoms with Crippen LogP contribution >= 0.6 is 0 Å². The summed E-state index contributed by atoms with van der Waals surface area (Å²) >= 11 is 0. The Hall–Kier alpha value is -0.960. The molecule has 3 heteroatoms. The predicted molar refractivity (Wildman–Crippen MR) is 42.1 cm³/mol. The van der Waals surface area contributed by atoms with Crippen LogP contribution in [-0.2, 0) is 13.0 Å². The first-order valence-electron chi connectivity index (χ1n) is 3.83. The molecule has 0 aromatic carbocycles. The zero-order valence-corrected chi connectivity index (χ0v) is 6.62. The van der Waals surface area contributed by atoms with Crippen molar-refractivity contribution in [3.8, 4) is 0 Å². The third-order valence-corrected chi connectivity index (χ3v) is 2.01. The Morgan fingerprint density at radius 1 is 1.27 bits per heavy atom. The van der Waals surface area contributed by atoms with Gasteiger partial charge < -0.3 is 4.90 Å². The van der Waals surface area contributed by atoms with Crippen LogP contribution < -0.4 is 0 Å². The lowest BCUT2D eigenvalue weighted by molar-refractivity contribution is 0.304. The molecule has 0 fully saturated rings. The van der Waals surface area contributed by atoms with Gasteiger partial charge in [0, 0.05) is 31.9 Å². The first kappa shape index (κ1) is 6.73. The number of fused-ring (bicyclic) bond motifs is 1. The molecule has 0 saturated heterocycles. The van der Waals surface area contributed by atoms with Crippen molar-refractivity contribution in [2.75, 3.05) is 13.6 Å². The summed E-state index contributed by atoms with van der Waals surface area (Å²) in [5.41, 5.74) is 2.31.